The lowest BCUT2D eigenvalue weighted by Gasteiger charge is -2.26. The Hall–Kier alpha value is -1.13. The molecule has 0 spiro atoms. The highest BCUT2D eigenvalue weighted by Gasteiger charge is 2.16. The van der Waals surface area contributed by atoms with Gasteiger partial charge < -0.3 is 15.7 Å². The van der Waals surface area contributed by atoms with Crippen LogP contribution in [0.1, 0.15) is 25.5 Å². The fraction of sp³-hybridized carbons (Fsp3) is 0.500. The first-order chi connectivity index (χ1) is 7.61. The summed E-state index contributed by atoms with van der Waals surface area (Å²) in [4.78, 5) is 1.80. The van der Waals surface area contributed by atoms with Crippen molar-refractivity contribution < 1.29 is 9.50 Å². The Morgan fingerprint density at radius 3 is 2.69 bits per heavy atom. The topological polar surface area (TPSA) is 49.5 Å². The molecule has 90 valence electrons. The first-order valence-electron chi connectivity index (χ1n) is 5.51. The smallest absolute Gasteiger partial charge is 0.146 e. The maximum absolute atomic E-state index is 13.8. The summed E-state index contributed by atoms with van der Waals surface area (Å²) >= 11 is 0. The standard InChI is InChI=1S/C12H19FN2O/c1-3-15(7-8-16)12-10(9(2)14)5-4-6-11(12)13/h4-6,9,16H,3,7-8,14H2,1-2H3. The van der Waals surface area contributed by atoms with Crippen LogP contribution in [0.5, 0.6) is 0 Å². The maximum Gasteiger partial charge on any atom is 0.146 e. The molecule has 16 heavy (non-hydrogen) atoms. The van der Waals surface area contributed by atoms with Crippen LogP contribution in [0.3, 0.4) is 0 Å². The zero-order valence-electron chi connectivity index (χ0n) is 9.78. The van der Waals surface area contributed by atoms with Gasteiger partial charge in [0.25, 0.3) is 0 Å². The molecule has 1 atom stereocenters. The summed E-state index contributed by atoms with van der Waals surface area (Å²) < 4.78 is 13.8. The predicted octanol–water partition coefficient (Wildman–Crippen LogP) is 1.66. The number of nitrogens with zero attached hydrogens (tertiary/aromatic N) is 1. The van der Waals surface area contributed by atoms with Crippen LogP contribution in [0.2, 0.25) is 0 Å². The fourth-order valence-electron chi connectivity index (χ4n) is 1.78. The van der Waals surface area contributed by atoms with E-state index in [-0.39, 0.29) is 18.5 Å². The summed E-state index contributed by atoms with van der Waals surface area (Å²) in [5.74, 6) is -0.287. The molecule has 1 unspecified atom stereocenters. The molecule has 0 amide bonds. The molecule has 0 aliphatic rings. The summed E-state index contributed by atoms with van der Waals surface area (Å²) in [6.45, 7) is 4.80. The monoisotopic (exact) mass is 226 g/mol. The van der Waals surface area contributed by atoms with Gasteiger partial charge in [-0.05, 0) is 25.5 Å². The molecule has 3 nitrogen and oxygen atoms in total. The molecule has 0 heterocycles. The lowest BCUT2D eigenvalue weighted by molar-refractivity contribution is 0.302. The van der Waals surface area contributed by atoms with Crippen LogP contribution >= 0.6 is 0 Å². The number of anilines is 1. The lowest BCUT2D eigenvalue weighted by Crippen LogP contribution is -2.29. The van der Waals surface area contributed by atoms with Crippen molar-refractivity contribution >= 4 is 5.69 Å². The van der Waals surface area contributed by atoms with Crippen molar-refractivity contribution in [3.05, 3.63) is 29.6 Å². The minimum atomic E-state index is -0.287. The van der Waals surface area contributed by atoms with Gasteiger partial charge in [0.15, 0.2) is 0 Å². The van der Waals surface area contributed by atoms with Crippen molar-refractivity contribution in [1.29, 1.82) is 0 Å². The van der Waals surface area contributed by atoms with E-state index in [1.165, 1.54) is 6.07 Å². The van der Waals surface area contributed by atoms with Crippen molar-refractivity contribution in [3.63, 3.8) is 0 Å². The number of halogens is 1. The van der Waals surface area contributed by atoms with E-state index in [2.05, 4.69) is 0 Å². The summed E-state index contributed by atoms with van der Waals surface area (Å²) in [6, 6.07) is 4.67. The van der Waals surface area contributed by atoms with Crippen molar-refractivity contribution in [2.45, 2.75) is 19.9 Å². The molecular formula is C12H19FN2O. The van der Waals surface area contributed by atoms with E-state index in [0.717, 1.165) is 5.56 Å². The largest absolute Gasteiger partial charge is 0.395 e. The Labute approximate surface area is 95.7 Å². The molecule has 0 saturated carbocycles. The number of hydrogen-bond acceptors (Lipinski definition) is 3. The van der Waals surface area contributed by atoms with Gasteiger partial charge in [0.05, 0.1) is 12.3 Å². The number of rotatable bonds is 5. The molecule has 0 bridgehead atoms. The molecule has 0 aliphatic carbocycles. The minimum Gasteiger partial charge on any atom is -0.395 e. The van der Waals surface area contributed by atoms with E-state index in [0.29, 0.717) is 18.8 Å². The van der Waals surface area contributed by atoms with Crippen LogP contribution in [-0.2, 0) is 0 Å². The van der Waals surface area contributed by atoms with E-state index < -0.39 is 0 Å². The maximum atomic E-state index is 13.8. The van der Waals surface area contributed by atoms with Crippen LogP contribution in [0, 0.1) is 5.82 Å². The van der Waals surface area contributed by atoms with Crippen molar-refractivity contribution in [1.82, 2.24) is 0 Å². The van der Waals surface area contributed by atoms with Gasteiger partial charge in [-0.2, -0.15) is 0 Å². The van der Waals surface area contributed by atoms with Gasteiger partial charge in [0, 0.05) is 19.1 Å². The summed E-state index contributed by atoms with van der Waals surface area (Å²) in [7, 11) is 0. The van der Waals surface area contributed by atoms with Crippen molar-refractivity contribution in [2.75, 3.05) is 24.6 Å². The molecule has 0 aromatic heterocycles. The van der Waals surface area contributed by atoms with Crippen molar-refractivity contribution in [3.8, 4) is 0 Å². The SMILES string of the molecule is CCN(CCO)c1c(F)cccc1C(C)N. The van der Waals surface area contributed by atoms with Crippen LogP contribution in [0.4, 0.5) is 10.1 Å². The van der Waals surface area contributed by atoms with Gasteiger partial charge in [0.1, 0.15) is 5.82 Å². The van der Waals surface area contributed by atoms with Crippen LogP contribution in [-0.4, -0.2) is 24.8 Å². The van der Waals surface area contributed by atoms with Gasteiger partial charge in [-0.1, -0.05) is 12.1 Å². The quantitative estimate of drug-likeness (QED) is 0.803. The van der Waals surface area contributed by atoms with Gasteiger partial charge in [-0.15, -0.1) is 0 Å². The summed E-state index contributed by atoms with van der Waals surface area (Å²) in [5.41, 5.74) is 7.10. The summed E-state index contributed by atoms with van der Waals surface area (Å²) in [5, 5.41) is 8.95. The molecule has 1 aromatic rings. The van der Waals surface area contributed by atoms with Crippen LogP contribution in [0.25, 0.3) is 0 Å². The average molecular weight is 226 g/mol. The third-order valence-electron chi connectivity index (χ3n) is 2.58. The highest BCUT2D eigenvalue weighted by Crippen LogP contribution is 2.28. The number of aliphatic hydroxyl groups is 1. The van der Waals surface area contributed by atoms with Crippen LogP contribution < -0.4 is 10.6 Å². The molecular weight excluding hydrogens is 207 g/mol. The van der Waals surface area contributed by atoms with Gasteiger partial charge in [0.2, 0.25) is 0 Å². The lowest BCUT2D eigenvalue weighted by atomic mass is 10.1. The molecule has 3 N–H and O–H groups in total. The summed E-state index contributed by atoms with van der Waals surface area (Å²) in [6.07, 6.45) is 0. The third-order valence-corrected chi connectivity index (χ3v) is 2.58. The molecule has 0 aliphatic heterocycles. The second-order valence-electron chi connectivity index (χ2n) is 3.77. The average Bonchev–Trinajstić information content (AvgIpc) is 2.26. The van der Waals surface area contributed by atoms with E-state index in [1.54, 1.807) is 11.0 Å². The van der Waals surface area contributed by atoms with E-state index >= 15 is 0 Å². The first kappa shape index (κ1) is 12.9. The molecule has 1 aromatic carbocycles. The Morgan fingerprint density at radius 1 is 1.50 bits per heavy atom. The molecule has 0 fully saturated rings. The Morgan fingerprint density at radius 2 is 2.19 bits per heavy atom. The molecule has 1 rings (SSSR count). The normalized spacial score (nSPS) is 12.6. The first-order valence-corrected chi connectivity index (χ1v) is 5.51. The van der Waals surface area contributed by atoms with Crippen molar-refractivity contribution in [2.24, 2.45) is 5.73 Å². The van der Waals surface area contributed by atoms with Gasteiger partial charge >= 0.3 is 0 Å². The Kier molecular flexibility index (Phi) is 4.71. The van der Waals surface area contributed by atoms with Gasteiger partial charge in [-0.25, -0.2) is 4.39 Å². The Balaban J connectivity index is 3.17. The number of likely N-dealkylation sites (N-methyl/N-ethyl adjacent to an activating group) is 1. The zero-order valence-corrected chi connectivity index (χ0v) is 9.78. The predicted molar refractivity (Wildman–Crippen MR) is 64.0 cm³/mol. The third kappa shape index (κ3) is 2.71. The number of hydrogen-bond donors (Lipinski definition) is 2. The number of benzene rings is 1. The molecule has 0 radical (unpaired) electrons. The number of nitrogens with two attached hydrogens (primary N) is 1. The van der Waals surface area contributed by atoms with Gasteiger partial charge in [-0.3, -0.25) is 0 Å². The second kappa shape index (κ2) is 5.82. The number of aliphatic hydroxyl groups excluding tert-OH is 1. The molecule has 0 saturated heterocycles. The van der Waals surface area contributed by atoms with E-state index in [4.69, 9.17) is 10.8 Å². The minimum absolute atomic E-state index is 0.000562. The van der Waals surface area contributed by atoms with E-state index in [9.17, 15) is 4.39 Å². The zero-order chi connectivity index (χ0) is 12.1. The highest BCUT2D eigenvalue weighted by molar-refractivity contribution is 5.56. The fourth-order valence-corrected chi connectivity index (χ4v) is 1.78. The highest BCUT2D eigenvalue weighted by atomic mass is 19.1. The van der Waals surface area contributed by atoms with Crippen LogP contribution in [0.15, 0.2) is 18.2 Å². The van der Waals surface area contributed by atoms with E-state index in [1.807, 2.05) is 19.9 Å². The Bertz CT molecular complexity index is 342. The molecule has 4 heteroatoms. The second-order valence-corrected chi connectivity index (χ2v) is 3.77. The number of para-hydroxylation sites is 1.